The molecule has 1 N–H and O–H groups in total. The van der Waals surface area contributed by atoms with Gasteiger partial charge in [-0.2, -0.15) is 5.26 Å². The Morgan fingerprint density at radius 3 is 2.91 bits per heavy atom. The highest BCUT2D eigenvalue weighted by atomic mass is 16.3. The summed E-state index contributed by atoms with van der Waals surface area (Å²) in [6.45, 7) is 4.88. The summed E-state index contributed by atoms with van der Waals surface area (Å²) in [4.78, 5) is 1.94. The first-order chi connectivity index (χ1) is 11.1. The van der Waals surface area contributed by atoms with Crippen molar-refractivity contribution in [2.75, 3.05) is 6.54 Å². The van der Waals surface area contributed by atoms with E-state index in [-0.39, 0.29) is 6.04 Å². The lowest BCUT2D eigenvalue weighted by Crippen LogP contribution is -2.47. The molecule has 3 unspecified atom stereocenters. The quantitative estimate of drug-likeness (QED) is 0.864. The molecule has 23 heavy (non-hydrogen) atoms. The second-order valence-corrected chi connectivity index (χ2v) is 7.17. The normalized spacial score (nSPS) is 29.4. The Hall–Kier alpha value is -1.99. The third kappa shape index (κ3) is 1.93. The van der Waals surface area contributed by atoms with Gasteiger partial charge in [-0.15, -0.1) is 0 Å². The number of para-hydroxylation sites is 1. The Bertz CT molecular complexity index is 799. The van der Waals surface area contributed by atoms with E-state index in [0.29, 0.717) is 12.3 Å². The monoisotopic (exact) mass is 309 g/mol. The third-order valence-corrected chi connectivity index (χ3v) is 5.60. The highest BCUT2D eigenvalue weighted by Crippen LogP contribution is 2.50. The number of rotatable bonds is 2. The van der Waals surface area contributed by atoms with Crippen LogP contribution in [0.3, 0.4) is 0 Å². The summed E-state index contributed by atoms with van der Waals surface area (Å²) in [6, 6.07) is 8.45. The number of nitriles is 1. The van der Waals surface area contributed by atoms with Gasteiger partial charge >= 0.3 is 0 Å². The van der Waals surface area contributed by atoms with Crippen molar-refractivity contribution in [2.45, 2.75) is 51.3 Å². The van der Waals surface area contributed by atoms with Gasteiger partial charge in [-0.05, 0) is 37.3 Å². The zero-order chi connectivity index (χ0) is 16.2. The van der Waals surface area contributed by atoms with Gasteiger partial charge in [0.2, 0.25) is 0 Å². The fourth-order valence-electron chi connectivity index (χ4n) is 4.86. The number of benzene rings is 1. The van der Waals surface area contributed by atoms with Crippen LogP contribution in [0.15, 0.2) is 24.3 Å². The van der Waals surface area contributed by atoms with Gasteiger partial charge in [-0.3, -0.25) is 0 Å². The van der Waals surface area contributed by atoms with Crippen LogP contribution < -0.4 is 0 Å². The molecule has 2 aliphatic rings. The molecular formula is C19H23N3O. The maximum atomic E-state index is 11.2. The summed E-state index contributed by atoms with van der Waals surface area (Å²) in [7, 11) is 0. The number of aliphatic hydroxyl groups is 1. The van der Waals surface area contributed by atoms with Gasteiger partial charge in [-0.25, -0.2) is 0 Å². The molecule has 3 heterocycles. The second-order valence-electron chi connectivity index (χ2n) is 7.17. The van der Waals surface area contributed by atoms with Crippen LogP contribution in [0.2, 0.25) is 0 Å². The van der Waals surface area contributed by atoms with Gasteiger partial charge in [0.1, 0.15) is 5.72 Å². The highest BCUT2D eigenvalue weighted by molar-refractivity contribution is 5.86. The molecule has 0 saturated heterocycles. The maximum absolute atomic E-state index is 11.2. The SMILES string of the molecule is CCCC1CC(C)(O)n2c3c(c4ccccc42)CCN(C#N)C31. The van der Waals surface area contributed by atoms with Crippen LogP contribution >= 0.6 is 0 Å². The molecule has 0 saturated carbocycles. The summed E-state index contributed by atoms with van der Waals surface area (Å²) in [5, 5.41) is 22.1. The lowest BCUT2D eigenvalue weighted by molar-refractivity contribution is -0.0735. The van der Waals surface area contributed by atoms with Crippen molar-refractivity contribution >= 4 is 10.9 Å². The molecule has 0 radical (unpaired) electrons. The predicted octanol–water partition coefficient (Wildman–Crippen LogP) is 3.51. The minimum absolute atomic E-state index is 0.108. The van der Waals surface area contributed by atoms with Gasteiger partial charge < -0.3 is 14.6 Å². The standard InChI is InChI=1S/C19H23N3O/c1-3-6-13-11-19(2,23)22-16-8-5-4-7-14(16)15-9-10-21(12-20)17(13)18(15)22/h4-5,7-8,13,17,23H,3,6,9-11H2,1-2H3. The molecule has 0 bridgehead atoms. The molecule has 4 rings (SSSR count). The smallest absolute Gasteiger partial charge is 0.179 e. The van der Waals surface area contributed by atoms with Crippen LogP contribution in [-0.2, 0) is 12.1 Å². The van der Waals surface area contributed by atoms with E-state index in [2.05, 4.69) is 35.9 Å². The minimum Gasteiger partial charge on any atom is -0.371 e. The van der Waals surface area contributed by atoms with E-state index in [1.165, 1.54) is 16.6 Å². The van der Waals surface area contributed by atoms with E-state index in [1.807, 2.05) is 17.9 Å². The summed E-state index contributed by atoms with van der Waals surface area (Å²) in [5.41, 5.74) is 2.72. The average molecular weight is 309 g/mol. The molecule has 2 aliphatic heterocycles. The van der Waals surface area contributed by atoms with Crippen LogP contribution in [0.4, 0.5) is 0 Å². The molecule has 0 spiro atoms. The molecule has 120 valence electrons. The molecule has 3 atom stereocenters. The van der Waals surface area contributed by atoms with Crippen LogP contribution in [0.5, 0.6) is 0 Å². The first-order valence-electron chi connectivity index (χ1n) is 8.60. The zero-order valence-electron chi connectivity index (χ0n) is 13.8. The fourth-order valence-corrected chi connectivity index (χ4v) is 4.86. The van der Waals surface area contributed by atoms with E-state index >= 15 is 0 Å². The maximum Gasteiger partial charge on any atom is 0.179 e. The molecule has 1 aromatic heterocycles. The van der Waals surface area contributed by atoms with Crippen molar-refractivity contribution in [3.05, 3.63) is 35.5 Å². The average Bonchev–Trinajstić information content (AvgIpc) is 2.88. The van der Waals surface area contributed by atoms with Crippen molar-refractivity contribution in [1.82, 2.24) is 9.47 Å². The number of nitrogens with zero attached hydrogens (tertiary/aromatic N) is 3. The molecule has 0 amide bonds. The van der Waals surface area contributed by atoms with Crippen LogP contribution in [-0.4, -0.2) is 21.1 Å². The number of hydrogen-bond acceptors (Lipinski definition) is 3. The van der Waals surface area contributed by atoms with Gasteiger partial charge in [0.15, 0.2) is 6.19 Å². The minimum atomic E-state index is -0.887. The van der Waals surface area contributed by atoms with Crippen LogP contribution in [0.25, 0.3) is 10.9 Å². The van der Waals surface area contributed by atoms with Crippen molar-refractivity contribution < 1.29 is 5.11 Å². The van der Waals surface area contributed by atoms with E-state index < -0.39 is 5.72 Å². The van der Waals surface area contributed by atoms with Crippen molar-refractivity contribution in [2.24, 2.45) is 5.92 Å². The van der Waals surface area contributed by atoms with Gasteiger partial charge in [0, 0.05) is 24.0 Å². The van der Waals surface area contributed by atoms with E-state index in [9.17, 15) is 10.4 Å². The fraction of sp³-hybridized carbons (Fsp3) is 0.526. The van der Waals surface area contributed by atoms with Crippen molar-refractivity contribution in [3.8, 4) is 6.19 Å². The van der Waals surface area contributed by atoms with E-state index in [4.69, 9.17) is 0 Å². The second kappa shape index (κ2) is 5.01. The van der Waals surface area contributed by atoms with Crippen molar-refractivity contribution in [3.63, 3.8) is 0 Å². The molecule has 0 aliphatic carbocycles. The summed E-state index contributed by atoms with van der Waals surface area (Å²) >= 11 is 0. The lowest BCUT2D eigenvalue weighted by atomic mass is 9.78. The summed E-state index contributed by atoms with van der Waals surface area (Å²) in [5.74, 6) is 0.325. The molecular weight excluding hydrogens is 286 g/mol. The number of aromatic nitrogens is 1. The lowest BCUT2D eigenvalue weighted by Gasteiger charge is -2.47. The third-order valence-electron chi connectivity index (χ3n) is 5.60. The largest absolute Gasteiger partial charge is 0.371 e. The Balaban J connectivity index is 2.03. The Labute approximate surface area is 136 Å². The van der Waals surface area contributed by atoms with Gasteiger partial charge in [-0.1, -0.05) is 31.5 Å². The van der Waals surface area contributed by atoms with Crippen molar-refractivity contribution in [1.29, 1.82) is 5.26 Å². The molecule has 4 nitrogen and oxygen atoms in total. The summed E-state index contributed by atoms with van der Waals surface area (Å²) in [6.07, 6.45) is 6.10. The number of hydrogen-bond donors (Lipinski definition) is 1. The number of fused-ring (bicyclic) bond motifs is 3. The van der Waals surface area contributed by atoms with Gasteiger partial charge in [0.25, 0.3) is 0 Å². The summed E-state index contributed by atoms with van der Waals surface area (Å²) < 4.78 is 2.11. The Kier molecular flexibility index (Phi) is 3.18. The first kappa shape index (κ1) is 14.6. The molecule has 1 aromatic carbocycles. The zero-order valence-corrected chi connectivity index (χ0v) is 13.8. The topological polar surface area (TPSA) is 52.2 Å². The van der Waals surface area contributed by atoms with E-state index in [0.717, 1.165) is 31.3 Å². The van der Waals surface area contributed by atoms with Crippen LogP contribution in [0, 0.1) is 17.4 Å². The molecule has 4 heteroatoms. The van der Waals surface area contributed by atoms with Gasteiger partial charge in [0.05, 0.1) is 11.6 Å². The molecule has 2 aromatic rings. The van der Waals surface area contributed by atoms with Crippen LogP contribution in [0.1, 0.15) is 50.4 Å². The van der Waals surface area contributed by atoms with E-state index in [1.54, 1.807) is 0 Å². The Morgan fingerprint density at radius 2 is 2.17 bits per heavy atom. The first-order valence-corrected chi connectivity index (χ1v) is 8.60. The Morgan fingerprint density at radius 1 is 1.39 bits per heavy atom. The predicted molar refractivity (Wildman–Crippen MR) is 89.6 cm³/mol. The molecule has 0 fully saturated rings. The highest BCUT2D eigenvalue weighted by Gasteiger charge is 2.47.